The van der Waals surface area contributed by atoms with Crippen molar-refractivity contribution in [3.63, 3.8) is 0 Å². The Kier molecular flexibility index (Phi) is 3.38. The van der Waals surface area contributed by atoms with Crippen LogP contribution in [0.5, 0.6) is 0 Å². The molecule has 5 heteroatoms. The van der Waals surface area contributed by atoms with Gasteiger partial charge < -0.3 is 5.32 Å². The molecule has 0 bridgehead atoms. The van der Waals surface area contributed by atoms with Gasteiger partial charge in [0.2, 0.25) is 0 Å². The molecule has 2 rings (SSSR count). The van der Waals surface area contributed by atoms with E-state index in [2.05, 4.69) is 32.2 Å². The maximum atomic E-state index is 4.36. The van der Waals surface area contributed by atoms with Crippen LogP contribution in [0.3, 0.4) is 0 Å². The predicted octanol–water partition coefficient (Wildman–Crippen LogP) is 1.76. The van der Waals surface area contributed by atoms with Crippen molar-refractivity contribution in [1.82, 2.24) is 19.9 Å². The largest absolute Gasteiger partial charge is 0.370 e. The van der Waals surface area contributed by atoms with Crippen molar-refractivity contribution in [2.24, 2.45) is 0 Å². The lowest BCUT2D eigenvalue weighted by atomic mass is 10.4. The maximum Gasteiger partial charge on any atom is 0.181 e. The van der Waals surface area contributed by atoms with E-state index in [1.165, 1.54) is 0 Å². The van der Waals surface area contributed by atoms with Crippen molar-refractivity contribution in [1.29, 1.82) is 0 Å². The normalized spacial score (nSPS) is 10.1. The van der Waals surface area contributed by atoms with Gasteiger partial charge in [0.1, 0.15) is 11.5 Å². The molecule has 2 heterocycles. The lowest BCUT2D eigenvalue weighted by molar-refractivity contribution is 0.964. The zero-order valence-corrected chi connectivity index (χ0v) is 9.09. The van der Waals surface area contributed by atoms with E-state index in [-0.39, 0.29) is 0 Å². The summed E-state index contributed by atoms with van der Waals surface area (Å²) in [5.74, 6) is 1.41. The van der Waals surface area contributed by atoms with E-state index in [1.54, 1.807) is 24.8 Å². The molecule has 2 aromatic heterocycles. The highest BCUT2D eigenvalue weighted by atomic mass is 15.0. The topological polar surface area (TPSA) is 63.6 Å². The molecular formula is C11H13N5. The van der Waals surface area contributed by atoms with Crippen LogP contribution in [-0.4, -0.2) is 26.5 Å². The van der Waals surface area contributed by atoms with Crippen molar-refractivity contribution < 1.29 is 0 Å². The van der Waals surface area contributed by atoms with Gasteiger partial charge in [0.25, 0.3) is 0 Å². The van der Waals surface area contributed by atoms with Gasteiger partial charge in [-0.2, -0.15) is 0 Å². The number of nitrogens with one attached hydrogen (secondary N) is 1. The van der Waals surface area contributed by atoms with Crippen LogP contribution in [0.15, 0.2) is 30.9 Å². The summed E-state index contributed by atoms with van der Waals surface area (Å²) in [4.78, 5) is 16.7. The van der Waals surface area contributed by atoms with E-state index in [1.807, 2.05) is 6.07 Å². The molecule has 0 aliphatic heterocycles. The van der Waals surface area contributed by atoms with E-state index >= 15 is 0 Å². The molecule has 0 aliphatic rings. The Balaban J connectivity index is 2.22. The molecule has 0 amide bonds. The molecule has 16 heavy (non-hydrogen) atoms. The van der Waals surface area contributed by atoms with Gasteiger partial charge >= 0.3 is 0 Å². The SMILES string of the molecule is CCCNc1ccnc(-c2cnccn2)n1. The maximum absolute atomic E-state index is 4.36. The van der Waals surface area contributed by atoms with Gasteiger partial charge in [-0.15, -0.1) is 0 Å². The van der Waals surface area contributed by atoms with Crippen LogP contribution in [0.4, 0.5) is 5.82 Å². The van der Waals surface area contributed by atoms with Crippen LogP contribution in [0, 0.1) is 0 Å². The highest BCUT2D eigenvalue weighted by molar-refractivity contribution is 5.50. The first-order valence-electron chi connectivity index (χ1n) is 5.23. The van der Waals surface area contributed by atoms with Gasteiger partial charge in [-0.1, -0.05) is 6.92 Å². The first kappa shape index (κ1) is 10.5. The van der Waals surface area contributed by atoms with Crippen LogP contribution in [0.2, 0.25) is 0 Å². The minimum absolute atomic E-state index is 0.592. The Labute approximate surface area is 94.0 Å². The molecule has 1 N–H and O–H groups in total. The summed E-state index contributed by atoms with van der Waals surface area (Å²) in [7, 11) is 0. The average Bonchev–Trinajstić information content (AvgIpc) is 2.38. The fourth-order valence-electron chi connectivity index (χ4n) is 1.25. The van der Waals surface area contributed by atoms with Crippen molar-refractivity contribution in [2.45, 2.75) is 13.3 Å². The molecule has 0 saturated heterocycles. The number of rotatable bonds is 4. The van der Waals surface area contributed by atoms with Crippen LogP contribution < -0.4 is 5.32 Å². The van der Waals surface area contributed by atoms with Gasteiger partial charge in [-0.3, -0.25) is 4.98 Å². The number of hydrogen-bond acceptors (Lipinski definition) is 5. The minimum Gasteiger partial charge on any atom is -0.370 e. The summed E-state index contributed by atoms with van der Waals surface area (Å²) < 4.78 is 0. The van der Waals surface area contributed by atoms with E-state index in [9.17, 15) is 0 Å². The second-order valence-electron chi connectivity index (χ2n) is 3.28. The third-order valence-corrected chi connectivity index (χ3v) is 2.00. The zero-order chi connectivity index (χ0) is 11.2. The minimum atomic E-state index is 0.592. The van der Waals surface area contributed by atoms with E-state index in [4.69, 9.17) is 0 Å². The van der Waals surface area contributed by atoms with Gasteiger partial charge in [-0.05, 0) is 12.5 Å². The number of hydrogen-bond donors (Lipinski definition) is 1. The fourth-order valence-corrected chi connectivity index (χ4v) is 1.25. The third kappa shape index (κ3) is 2.50. The molecule has 0 spiro atoms. The molecule has 5 nitrogen and oxygen atoms in total. The standard InChI is InChI=1S/C11H13N5/c1-2-4-14-10-3-5-15-11(16-10)9-8-12-6-7-13-9/h3,5-8H,2,4H2,1H3,(H,14,15,16). The van der Waals surface area contributed by atoms with Crippen molar-refractivity contribution >= 4 is 5.82 Å². The Morgan fingerprint density at radius 2 is 2.12 bits per heavy atom. The van der Waals surface area contributed by atoms with Gasteiger partial charge in [-0.25, -0.2) is 15.0 Å². The lowest BCUT2D eigenvalue weighted by Gasteiger charge is -2.04. The fraction of sp³-hybridized carbons (Fsp3) is 0.273. The van der Waals surface area contributed by atoms with E-state index in [0.29, 0.717) is 11.5 Å². The molecule has 0 saturated carbocycles. The summed E-state index contributed by atoms with van der Waals surface area (Å²) in [5, 5.41) is 3.21. The van der Waals surface area contributed by atoms with Gasteiger partial charge in [0, 0.05) is 25.1 Å². The number of aromatic nitrogens is 4. The molecule has 0 atom stereocenters. The zero-order valence-electron chi connectivity index (χ0n) is 9.09. The summed E-state index contributed by atoms with van der Waals surface area (Å²) in [6.07, 6.45) is 7.69. The Morgan fingerprint density at radius 3 is 2.88 bits per heavy atom. The Morgan fingerprint density at radius 1 is 1.19 bits per heavy atom. The smallest absolute Gasteiger partial charge is 0.181 e. The monoisotopic (exact) mass is 215 g/mol. The van der Waals surface area contributed by atoms with Crippen molar-refractivity contribution in [3.05, 3.63) is 30.9 Å². The van der Waals surface area contributed by atoms with Crippen LogP contribution >= 0.6 is 0 Å². The van der Waals surface area contributed by atoms with E-state index < -0.39 is 0 Å². The second kappa shape index (κ2) is 5.16. The molecule has 0 unspecified atom stereocenters. The number of nitrogens with zero attached hydrogens (tertiary/aromatic N) is 4. The summed E-state index contributed by atoms with van der Waals surface area (Å²) in [6.45, 7) is 3.01. The summed E-state index contributed by atoms with van der Waals surface area (Å²) >= 11 is 0. The lowest BCUT2D eigenvalue weighted by Crippen LogP contribution is -2.03. The average molecular weight is 215 g/mol. The molecular weight excluding hydrogens is 202 g/mol. The first-order chi connectivity index (χ1) is 7.90. The van der Waals surface area contributed by atoms with Crippen molar-refractivity contribution in [2.75, 3.05) is 11.9 Å². The van der Waals surface area contributed by atoms with Crippen LogP contribution in [0.25, 0.3) is 11.5 Å². The molecule has 0 aromatic carbocycles. The predicted molar refractivity (Wildman–Crippen MR) is 61.8 cm³/mol. The Hall–Kier alpha value is -2.04. The molecule has 82 valence electrons. The Bertz CT molecular complexity index is 443. The summed E-state index contributed by atoms with van der Waals surface area (Å²) in [6, 6.07) is 1.84. The molecule has 0 aliphatic carbocycles. The van der Waals surface area contributed by atoms with Gasteiger partial charge in [0.15, 0.2) is 5.82 Å². The third-order valence-electron chi connectivity index (χ3n) is 2.00. The molecule has 0 fully saturated rings. The highest BCUT2D eigenvalue weighted by Crippen LogP contribution is 2.11. The van der Waals surface area contributed by atoms with Crippen LogP contribution in [0.1, 0.15) is 13.3 Å². The van der Waals surface area contributed by atoms with Crippen molar-refractivity contribution in [3.8, 4) is 11.5 Å². The van der Waals surface area contributed by atoms with Crippen LogP contribution in [-0.2, 0) is 0 Å². The first-order valence-corrected chi connectivity index (χ1v) is 5.23. The highest BCUT2D eigenvalue weighted by Gasteiger charge is 2.02. The molecule has 2 aromatic rings. The second-order valence-corrected chi connectivity index (χ2v) is 3.28. The molecule has 0 radical (unpaired) electrons. The van der Waals surface area contributed by atoms with E-state index in [0.717, 1.165) is 18.8 Å². The quantitative estimate of drug-likeness (QED) is 0.841. The number of anilines is 1. The van der Waals surface area contributed by atoms with Gasteiger partial charge in [0.05, 0.1) is 6.20 Å². The summed E-state index contributed by atoms with van der Waals surface area (Å²) in [5.41, 5.74) is 0.683.